The first kappa shape index (κ1) is 13.3. The van der Waals surface area contributed by atoms with Gasteiger partial charge in [0, 0.05) is 5.56 Å². The second-order valence-electron chi connectivity index (χ2n) is 4.74. The van der Waals surface area contributed by atoms with Gasteiger partial charge in [-0.2, -0.15) is 0 Å². The van der Waals surface area contributed by atoms with E-state index in [1.165, 1.54) is 12.1 Å². The average molecular weight is 285 g/mol. The Morgan fingerprint density at radius 2 is 1.95 bits per heavy atom. The van der Waals surface area contributed by atoms with Crippen LogP contribution in [0.3, 0.4) is 0 Å². The molecule has 106 valence electrons. The number of anilines is 1. The van der Waals surface area contributed by atoms with Crippen molar-refractivity contribution < 1.29 is 18.7 Å². The van der Waals surface area contributed by atoms with Gasteiger partial charge in [0.15, 0.2) is 6.61 Å². The molecule has 0 N–H and O–H groups in total. The molecule has 0 aromatic heterocycles. The predicted molar refractivity (Wildman–Crippen MR) is 74.9 cm³/mol. The van der Waals surface area contributed by atoms with Crippen molar-refractivity contribution >= 4 is 17.9 Å². The number of carbonyl (C=O) groups is 2. The molecule has 1 aliphatic heterocycles. The molecule has 0 atom stereocenters. The van der Waals surface area contributed by atoms with Gasteiger partial charge in [0.25, 0.3) is 5.91 Å². The Kier molecular flexibility index (Phi) is 3.39. The van der Waals surface area contributed by atoms with E-state index in [2.05, 4.69) is 0 Å². The molecule has 4 nitrogen and oxygen atoms in total. The number of ether oxygens (including phenoxy) is 1. The first-order valence-electron chi connectivity index (χ1n) is 6.44. The molecule has 2 aromatic rings. The van der Waals surface area contributed by atoms with Crippen molar-refractivity contribution in [3.8, 4) is 5.75 Å². The lowest BCUT2D eigenvalue weighted by molar-refractivity contribution is -0.121. The topological polar surface area (TPSA) is 46.6 Å². The van der Waals surface area contributed by atoms with Crippen LogP contribution in [0.2, 0.25) is 0 Å². The molecule has 0 fully saturated rings. The van der Waals surface area contributed by atoms with Gasteiger partial charge in [0.2, 0.25) is 0 Å². The fraction of sp³-hybridized carbons (Fsp3) is 0.125. The number of hydrogen-bond donors (Lipinski definition) is 0. The summed E-state index contributed by atoms with van der Waals surface area (Å²) in [5.74, 6) is 0.0351. The molecule has 0 saturated heterocycles. The molecule has 2 aromatic carbocycles. The number of rotatable bonds is 3. The SMILES string of the molecule is O=Cc1ccc2c(c1)N(Cc1ccc(F)cc1)C(=O)CO2. The molecule has 3 rings (SSSR count). The minimum Gasteiger partial charge on any atom is -0.482 e. The van der Waals surface area contributed by atoms with E-state index in [9.17, 15) is 14.0 Å². The molecule has 0 bridgehead atoms. The van der Waals surface area contributed by atoms with Gasteiger partial charge in [-0.3, -0.25) is 9.59 Å². The Labute approximate surface area is 120 Å². The summed E-state index contributed by atoms with van der Waals surface area (Å²) in [7, 11) is 0. The summed E-state index contributed by atoms with van der Waals surface area (Å²) in [4.78, 5) is 24.5. The highest BCUT2D eigenvalue weighted by Crippen LogP contribution is 2.33. The van der Waals surface area contributed by atoms with Crippen molar-refractivity contribution in [1.29, 1.82) is 0 Å². The number of hydrogen-bond acceptors (Lipinski definition) is 3. The van der Waals surface area contributed by atoms with Crippen LogP contribution in [0.4, 0.5) is 10.1 Å². The molecule has 1 amide bonds. The van der Waals surface area contributed by atoms with Crippen molar-refractivity contribution in [1.82, 2.24) is 0 Å². The van der Waals surface area contributed by atoms with E-state index >= 15 is 0 Å². The van der Waals surface area contributed by atoms with E-state index < -0.39 is 0 Å². The second-order valence-corrected chi connectivity index (χ2v) is 4.74. The summed E-state index contributed by atoms with van der Waals surface area (Å²) in [5.41, 5.74) is 1.82. The van der Waals surface area contributed by atoms with Crippen molar-refractivity contribution in [2.45, 2.75) is 6.54 Å². The van der Waals surface area contributed by atoms with Crippen molar-refractivity contribution in [2.75, 3.05) is 11.5 Å². The smallest absolute Gasteiger partial charge is 0.265 e. The molecular weight excluding hydrogens is 273 g/mol. The van der Waals surface area contributed by atoms with E-state index in [0.29, 0.717) is 23.5 Å². The first-order chi connectivity index (χ1) is 10.2. The van der Waals surface area contributed by atoms with Gasteiger partial charge in [-0.1, -0.05) is 12.1 Å². The molecule has 0 spiro atoms. The maximum Gasteiger partial charge on any atom is 0.265 e. The van der Waals surface area contributed by atoms with Crippen LogP contribution in [-0.2, 0) is 11.3 Å². The number of fused-ring (bicyclic) bond motifs is 1. The van der Waals surface area contributed by atoms with Crippen LogP contribution in [-0.4, -0.2) is 18.8 Å². The molecule has 5 heteroatoms. The molecular formula is C16H12FNO3. The summed E-state index contributed by atoms with van der Waals surface area (Å²) in [6.07, 6.45) is 0.718. The number of amides is 1. The van der Waals surface area contributed by atoms with E-state index in [-0.39, 0.29) is 18.3 Å². The third-order valence-electron chi connectivity index (χ3n) is 3.32. The summed E-state index contributed by atoms with van der Waals surface area (Å²) in [5, 5.41) is 0. The van der Waals surface area contributed by atoms with Crippen LogP contribution < -0.4 is 9.64 Å². The summed E-state index contributed by atoms with van der Waals surface area (Å²) >= 11 is 0. The average Bonchev–Trinajstić information content (AvgIpc) is 2.51. The third-order valence-corrected chi connectivity index (χ3v) is 3.32. The number of carbonyl (C=O) groups excluding carboxylic acids is 2. The van der Waals surface area contributed by atoms with E-state index in [1.54, 1.807) is 35.2 Å². The van der Waals surface area contributed by atoms with Gasteiger partial charge < -0.3 is 9.64 Å². The highest BCUT2D eigenvalue weighted by molar-refractivity contribution is 5.98. The van der Waals surface area contributed by atoms with Crippen LogP contribution in [0.25, 0.3) is 0 Å². The summed E-state index contributed by atoms with van der Waals surface area (Å²) in [6.45, 7) is 0.256. The fourth-order valence-corrected chi connectivity index (χ4v) is 2.24. The molecule has 0 aliphatic carbocycles. The highest BCUT2D eigenvalue weighted by atomic mass is 19.1. The molecule has 1 aliphatic rings. The van der Waals surface area contributed by atoms with E-state index in [4.69, 9.17) is 4.74 Å². The third kappa shape index (κ3) is 2.63. The lowest BCUT2D eigenvalue weighted by Gasteiger charge is -2.29. The molecule has 0 saturated carbocycles. The first-order valence-corrected chi connectivity index (χ1v) is 6.44. The highest BCUT2D eigenvalue weighted by Gasteiger charge is 2.25. The maximum atomic E-state index is 12.9. The lowest BCUT2D eigenvalue weighted by Crippen LogP contribution is -2.38. The van der Waals surface area contributed by atoms with Crippen LogP contribution in [0.5, 0.6) is 5.75 Å². The standard InChI is InChI=1S/C16H12FNO3/c17-13-4-1-11(2-5-13)8-18-14-7-12(9-19)3-6-15(14)21-10-16(18)20/h1-7,9H,8,10H2. The quantitative estimate of drug-likeness (QED) is 0.814. The zero-order valence-corrected chi connectivity index (χ0v) is 11.1. The Bertz CT molecular complexity index is 697. The predicted octanol–water partition coefficient (Wildman–Crippen LogP) is 2.56. The molecule has 0 unspecified atom stereocenters. The van der Waals surface area contributed by atoms with Crippen molar-refractivity contribution in [2.24, 2.45) is 0 Å². The van der Waals surface area contributed by atoms with Gasteiger partial charge >= 0.3 is 0 Å². The zero-order chi connectivity index (χ0) is 14.8. The van der Waals surface area contributed by atoms with Crippen molar-refractivity contribution in [3.05, 3.63) is 59.4 Å². The van der Waals surface area contributed by atoms with Gasteiger partial charge in [0.1, 0.15) is 17.9 Å². The maximum absolute atomic E-state index is 12.9. The summed E-state index contributed by atoms with van der Waals surface area (Å²) in [6, 6.07) is 10.9. The van der Waals surface area contributed by atoms with Gasteiger partial charge in [-0.15, -0.1) is 0 Å². The number of nitrogens with zero attached hydrogens (tertiary/aromatic N) is 1. The van der Waals surface area contributed by atoms with Crippen molar-refractivity contribution in [3.63, 3.8) is 0 Å². The molecule has 0 radical (unpaired) electrons. The zero-order valence-electron chi connectivity index (χ0n) is 11.1. The molecule has 21 heavy (non-hydrogen) atoms. The normalized spacial score (nSPS) is 13.6. The minimum absolute atomic E-state index is 0.0470. The Hall–Kier alpha value is -2.69. The molecule has 1 heterocycles. The van der Waals surface area contributed by atoms with Crippen LogP contribution in [0.15, 0.2) is 42.5 Å². The minimum atomic E-state index is -0.323. The second kappa shape index (κ2) is 5.36. The van der Waals surface area contributed by atoms with Gasteiger partial charge in [-0.25, -0.2) is 4.39 Å². The Balaban J connectivity index is 1.96. The monoisotopic (exact) mass is 285 g/mol. The van der Waals surface area contributed by atoms with Crippen LogP contribution >= 0.6 is 0 Å². The Morgan fingerprint density at radius 1 is 1.19 bits per heavy atom. The lowest BCUT2D eigenvalue weighted by atomic mass is 10.1. The number of halogens is 1. The fourth-order valence-electron chi connectivity index (χ4n) is 2.24. The number of benzene rings is 2. The van der Waals surface area contributed by atoms with E-state index in [1.807, 2.05) is 0 Å². The summed E-state index contributed by atoms with van der Waals surface area (Å²) < 4.78 is 18.3. The number of aldehydes is 1. The van der Waals surface area contributed by atoms with Gasteiger partial charge in [-0.05, 0) is 35.9 Å². The largest absolute Gasteiger partial charge is 0.482 e. The van der Waals surface area contributed by atoms with Crippen LogP contribution in [0.1, 0.15) is 15.9 Å². The Morgan fingerprint density at radius 3 is 2.67 bits per heavy atom. The van der Waals surface area contributed by atoms with Crippen LogP contribution in [0, 0.1) is 5.82 Å². The van der Waals surface area contributed by atoms with Gasteiger partial charge in [0.05, 0.1) is 12.2 Å². The van der Waals surface area contributed by atoms with E-state index in [0.717, 1.165) is 11.8 Å².